The van der Waals surface area contributed by atoms with Gasteiger partial charge in [-0.25, -0.2) is 0 Å². The number of nitrogens with zero attached hydrogens (tertiary/aromatic N) is 2. The Kier molecular flexibility index (Phi) is 6.04. The zero-order valence-corrected chi connectivity index (χ0v) is 14.5. The van der Waals surface area contributed by atoms with Gasteiger partial charge in [-0.15, -0.1) is 0 Å². The maximum atomic E-state index is 9.07. The van der Waals surface area contributed by atoms with Crippen LogP contribution in [0.5, 0.6) is 5.75 Å². The van der Waals surface area contributed by atoms with Crippen LogP contribution in [0.25, 0.3) is 0 Å². The Bertz CT molecular complexity index is 620. The molecule has 5 heteroatoms. The van der Waals surface area contributed by atoms with Crippen molar-refractivity contribution >= 4 is 5.69 Å². The van der Waals surface area contributed by atoms with Gasteiger partial charge in [0.1, 0.15) is 5.75 Å². The van der Waals surface area contributed by atoms with E-state index in [4.69, 9.17) is 9.84 Å². The third-order valence-corrected chi connectivity index (χ3v) is 4.08. The van der Waals surface area contributed by atoms with Crippen molar-refractivity contribution in [1.29, 1.82) is 0 Å². The summed E-state index contributed by atoms with van der Waals surface area (Å²) in [7, 11) is 0. The van der Waals surface area contributed by atoms with Gasteiger partial charge >= 0.3 is 0 Å². The fourth-order valence-electron chi connectivity index (χ4n) is 2.46. The summed E-state index contributed by atoms with van der Waals surface area (Å²) in [6.45, 7) is 9.58. The van der Waals surface area contributed by atoms with Crippen molar-refractivity contribution in [3.8, 4) is 5.75 Å². The summed E-state index contributed by atoms with van der Waals surface area (Å²) in [5.41, 5.74) is 4.33. The molecule has 0 fully saturated rings. The zero-order chi connectivity index (χ0) is 16.8. The molecular formula is C18H27N3O2. The summed E-state index contributed by atoms with van der Waals surface area (Å²) in [6.07, 6.45) is 1.23. The zero-order valence-electron chi connectivity index (χ0n) is 14.5. The molecule has 2 rings (SSSR count). The number of rotatable bonds is 8. The van der Waals surface area contributed by atoms with E-state index in [1.807, 2.05) is 42.8 Å². The minimum atomic E-state index is 0.104. The molecule has 1 aromatic heterocycles. The molecule has 2 aromatic rings. The van der Waals surface area contributed by atoms with Crippen molar-refractivity contribution in [2.75, 3.05) is 11.9 Å². The Hall–Kier alpha value is -2.01. The second-order valence-corrected chi connectivity index (χ2v) is 5.81. The Morgan fingerprint density at radius 1 is 1.26 bits per heavy atom. The molecule has 0 radical (unpaired) electrons. The summed E-state index contributed by atoms with van der Waals surface area (Å²) < 4.78 is 7.64. The number of ether oxygens (including phenoxy) is 1. The first-order chi connectivity index (χ1) is 11.0. The minimum absolute atomic E-state index is 0.104. The fraction of sp³-hybridized carbons (Fsp3) is 0.500. The van der Waals surface area contributed by atoms with E-state index >= 15 is 0 Å². The van der Waals surface area contributed by atoms with E-state index in [0.29, 0.717) is 13.1 Å². The summed E-state index contributed by atoms with van der Waals surface area (Å²) in [4.78, 5) is 0. The van der Waals surface area contributed by atoms with Crippen molar-refractivity contribution in [3.05, 3.63) is 41.2 Å². The van der Waals surface area contributed by atoms with Gasteiger partial charge in [-0.1, -0.05) is 6.92 Å². The molecule has 1 heterocycles. The van der Waals surface area contributed by atoms with E-state index in [9.17, 15) is 0 Å². The molecule has 0 aliphatic rings. The second-order valence-electron chi connectivity index (χ2n) is 5.81. The van der Waals surface area contributed by atoms with Crippen LogP contribution in [-0.2, 0) is 13.1 Å². The SMILES string of the molecule is CCC(C)Oc1ccc(NCc2c(C)nn(CCO)c2C)cc1. The molecule has 0 saturated heterocycles. The summed E-state index contributed by atoms with van der Waals surface area (Å²) in [6, 6.07) is 8.04. The van der Waals surface area contributed by atoms with Crippen LogP contribution in [-0.4, -0.2) is 27.6 Å². The average molecular weight is 317 g/mol. The molecule has 23 heavy (non-hydrogen) atoms. The smallest absolute Gasteiger partial charge is 0.119 e. The van der Waals surface area contributed by atoms with Gasteiger partial charge in [-0.2, -0.15) is 5.10 Å². The Morgan fingerprint density at radius 2 is 1.96 bits per heavy atom. The molecule has 0 bridgehead atoms. The molecule has 5 nitrogen and oxygen atoms in total. The van der Waals surface area contributed by atoms with Crippen LogP contribution in [0.4, 0.5) is 5.69 Å². The first-order valence-corrected chi connectivity index (χ1v) is 8.19. The number of aliphatic hydroxyl groups is 1. The molecule has 0 spiro atoms. The number of hydrogen-bond acceptors (Lipinski definition) is 4. The number of hydrogen-bond donors (Lipinski definition) is 2. The van der Waals surface area contributed by atoms with Gasteiger partial charge in [-0.3, -0.25) is 4.68 Å². The van der Waals surface area contributed by atoms with E-state index in [2.05, 4.69) is 24.3 Å². The molecule has 1 unspecified atom stereocenters. The molecule has 2 N–H and O–H groups in total. The van der Waals surface area contributed by atoms with Gasteiger partial charge < -0.3 is 15.2 Å². The summed E-state index contributed by atoms with van der Waals surface area (Å²) >= 11 is 0. The van der Waals surface area contributed by atoms with Crippen molar-refractivity contribution in [1.82, 2.24) is 9.78 Å². The van der Waals surface area contributed by atoms with Gasteiger partial charge in [0.25, 0.3) is 0 Å². The molecule has 0 saturated carbocycles. The molecule has 0 amide bonds. The lowest BCUT2D eigenvalue weighted by atomic mass is 10.2. The van der Waals surface area contributed by atoms with Crippen molar-refractivity contribution in [2.45, 2.75) is 53.3 Å². The van der Waals surface area contributed by atoms with Gasteiger partial charge in [0.2, 0.25) is 0 Å². The van der Waals surface area contributed by atoms with E-state index < -0.39 is 0 Å². The van der Waals surface area contributed by atoms with Crippen molar-refractivity contribution < 1.29 is 9.84 Å². The highest BCUT2D eigenvalue weighted by atomic mass is 16.5. The lowest BCUT2D eigenvalue weighted by molar-refractivity contribution is 0.217. The molecule has 0 aliphatic heterocycles. The third-order valence-electron chi connectivity index (χ3n) is 4.08. The first kappa shape index (κ1) is 17.3. The van der Waals surface area contributed by atoms with Crippen molar-refractivity contribution in [2.24, 2.45) is 0 Å². The lowest BCUT2D eigenvalue weighted by Crippen LogP contribution is -2.09. The topological polar surface area (TPSA) is 59.3 Å². The molecule has 126 valence electrons. The number of anilines is 1. The minimum Gasteiger partial charge on any atom is -0.491 e. The van der Waals surface area contributed by atoms with Crippen LogP contribution in [0.15, 0.2) is 24.3 Å². The standard InChI is InChI=1S/C18H27N3O2/c1-5-13(2)23-17-8-6-16(7-9-17)19-12-18-14(3)20-21(10-11-22)15(18)4/h6-9,13,19,22H,5,10-12H2,1-4H3. The predicted octanol–water partition coefficient (Wildman–Crippen LogP) is 3.28. The van der Waals surface area contributed by atoms with E-state index in [0.717, 1.165) is 29.2 Å². The number of aromatic nitrogens is 2. The Labute approximate surface area is 138 Å². The normalized spacial score (nSPS) is 12.2. The fourth-order valence-corrected chi connectivity index (χ4v) is 2.46. The largest absolute Gasteiger partial charge is 0.491 e. The monoisotopic (exact) mass is 317 g/mol. The van der Waals surface area contributed by atoms with Crippen molar-refractivity contribution in [3.63, 3.8) is 0 Å². The van der Waals surface area contributed by atoms with Gasteiger partial charge in [-0.05, 0) is 51.5 Å². The van der Waals surface area contributed by atoms with Gasteiger partial charge in [0.05, 0.1) is 24.9 Å². The Balaban J connectivity index is 1.98. The highest BCUT2D eigenvalue weighted by Gasteiger charge is 2.11. The van der Waals surface area contributed by atoms with Crippen LogP contribution in [0, 0.1) is 13.8 Å². The van der Waals surface area contributed by atoms with E-state index in [1.54, 1.807) is 0 Å². The highest BCUT2D eigenvalue weighted by Crippen LogP contribution is 2.20. The van der Waals surface area contributed by atoms with E-state index in [1.165, 1.54) is 5.56 Å². The van der Waals surface area contributed by atoms with Crippen LogP contribution < -0.4 is 10.1 Å². The number of aliphatic hydroxyl groups excluding tert-OH is 1. The molecule has 1 aromatic carbocycles. The number of nitrogens with one attached hydrogen (secondary N) is 1. The van der Waals surface area contributed by atoms with Gasteiger partial charge in [0.15, 0.2) is 0 Å². The van der Waals surface area contributed by atoms with Crippen LogP contribution in [0.3, 0.4) is 0 Å². The molecule has 1 atom stereocenters. The summed E-state index contributed by atoms with van der Waals surface area (Å²) in [5.74, 6) is 0.896. The van der Waals surface area contributed by atoms with Gasteiger partial charge in [0, 0.05) is 23.5 Å². The average Bonchev–Trinajstić information content (AvgIpc) is 2.81. The Morgan fingerprint density at radius 3 is 2.57 bits per heavy atom. The third kappa shape index (κ3) is 4.48. The molecule has 0 aliphatic carbocycles. The lowest BCUT2D eigenvalue weighted by Gasteiger charge is -2.13. The maximum Gasteiger partial charge on any atom is 0.119 e. The first-order valence-electron chi connectivity index (χ1n) is 8.19. The highest BCUT2D eigenvalue weighted by molar-refractivity contribution is 5.47. The number of aryl methyl sites for hydroxylation is 1. The van der Waals surface area contributed by atoms with Crippen LogP contribution >= 0.6 is 0 Å². The second kappa shape index (κ2) is 8.02. The predicted molar refractivity (Wildman–Crippen MR) is 92.9 cm³/mol. The van der Waals surface area contributed by atoms with E-state index in [-0.39, 0.29) is 12.7 Å². The maximum absolute atomic E-state index is 9.07. The van der Waals surface area contributed by atoms with Crippen LogP contribution in [0.2, 0.25) is 0 Å². The summed E-state index contributed by atoms with van der Waals surface area (Å²) in [5, 5.41) is 17.0. The van der Waals surface area contributed by atoms with Crippen LogP contribution in [0.1, 0.15) is 37.2 Å². The number of benzene rings is 1. The quantitative estimate of drug-likeness (QED) is 0.784. The molecular weight excluding hydrogens is 290 g/mol.